The number of imidazole rings is 1. The lowest BCUT2D eigenvalue weighted by Gasteiger charge is -2.39. The summed E-state index contributed by atoms with van der Waals surface area (Å²) in [4.78, 5) is 15.8. The van der Waals surface area contributed by atoms with Crippen molar-refractivity contribution in [1.82, 2.24) is 9.55 Å². The Morgan fingerprint density at radius 2 is 2.07 bits per heavy atom. The van der Waals surface area contributed by atoms with E-state index in [1.807, 2.05) is 0 Å². The van der Waals surface area contributed by atoms with Gasteiger partial charge in [-0.05, 0) is 6.07 Å². The molecule has 2 aromatic rings. The van der Waals surface area contributed by atoms with Gasteiger partial charge in [0.05, 0.1) is 29.2 Å². The Morgan fingerprint density at radius 1 is 1.33 bits per heavy atom. The maximum absolute atomic E-state index is 11.4. The van der Waals surface area contributed by atoms with Gasteiger partial charge in [-0.3, -0.25) is 14.7 Å². The molecule has 0 aliphatic carbocycles. The molecule has 3 rings (SSSR count). The van der Waals surface area contributed by atoms with Gasteiger partial charge in [0.25, 0.3) is 5.69 Å². The van der Waals surface area contributed by atoms with E-state index >= 15 is 0 Å². The molecule has 1 aliphatic heterocycles. The molecular weight excluding hydrogens is 386 g/mol. The van der Waals surface area contributed by atoms with Gasteiger partial charge >= 0.3 is 10.4 Å². The van der Waals surface area contributed by atoms with Crippen molar-refractivity contribution in [3.8, 4) is 5.69 Å². The summed E-state index contributed by atoms with van der Waals surface area (Å²) in [6.07, 6.45) is 1.27. The summed E-state index contributed by atoms with van der Waals surface area (Å²) in [5.74, 6) is 0. The number of hydrogen-bond donors (Lipinski definition) is 4. The minimum Gasteiger partial charge on any atom is -0.369 e. The topological polar surface area (TPSA) is 180 Å². The van der Waals surface area contributed by atoms with Crippen LogP contribution in [0.4, 0.5) is 17.1 Å². The van der Waals surface area contributed by atoms with Gasteiger partial charge in [0.2, 0.25) is 0 Å². The quantitative estimate of drug-likeness (QED) is 0.277. The lowest BCUT2D eigenvalue weighted by atomic mass is 10.1. The first kappa shape index (κ1) is 19.0. The van der Waals surface area contributed by atoms with Crippen molar-refractivity contribution in [3.63, 3.8) is 0 Å². The van der Waals surface area contributed by atoms with E-state index in [4.69, 9.17) is 4.55 Å². The van der Waals surface area contributed by atoms with Crippen LogP contribution < -0.4 is 10.2 Å². The molecule has 0 amide bonds. The molecule has 1 aliphatic rings. The summed E-state index contributed by atoms with van der Waals surface area (Å²) in [6.45, 7) is -0.771. The van der Waals surface area contributed by atoms with Gasteiger partial charge in [-0.2, -0.15) is 8.42 Å². The van der Waals surface area contributed by atoms with Crippen LogP contribution in [0.15, 0.2) is 30.9 Å². The Balaban J connectivity index is 2.04. The Kier molecular flexibility index (Phi) is 4.99. The van der Waals surface area contributed by atoms with Crippen LogP contribution in [0.25, 0.3) is 5.69 Å². The van der Waals surface area contributed by atoms with Crippen molar-refractivity contribution >= 4 is 27.5 Å². The van der Waals surface area contributed by atoms with Crippen LogP contribution in [0.1, 0.15) is 0 Å². The first-order valence-corrected chi connectivity index (χ1v) is 8.86. The van der Waals surface area contributed by atoms with Crippen molar-refractivity contribution in [1.29, 1.82) is 0 Å². The molecule has 2 atom stereocenters. The summed E-state index contributed by atoms with van der Waals surface area (Å²) >= 11 is 0. The number of nitro groups is 1. The summed E-state index contributed by atoms with van der Waals surface area (Å²) in [7, 11) is -4.68. The van der Waals surface area contributed by atoms with Gasteiger partial charge in [0.1, 0.15) is 5.69 Å². The highest BCUT2D eigenvalue weighted by atomic mass is 32.3. The second-order valence-electron chi connectivity index (χ2n) is 5.53. The fraction of sp³-hybridized carbons (Fsp3) is 0.308. The fourth-order valence-electron chi connectivity index (χ4n) is 2.71. The van der Waals surface area contributed by atoms with Crippen LogP contribution in [0.5, 0.6) is 0 Å². The lowest BCUT2D eigenvalue weighted by molar-refractivity contribution is -0.384. The van der Waals surface area contributed by atoms with Gasteiger partial charge in [-0.15, -0.1) is 0 Å². The lowest BCUT2D eigenvalue weighted by Crippen LogP contribution is -2.52. The van der Waals surface area contributed by atoms with Gasteiger partial charge < -0.3 is 25.0 Å². The number of nitrogens with zero attached hydrogens (tertiary/aromatic N) is 4. The average molecular weight is 401 g/mol. The largest absolute Gasteiger partial charge is 0.397 e. The molecule has 0 saturated heterocycles. The van der Waals surface area contributed by atoms with E-state index in [1.54, 1.807) is 0 Å². The van der Waals surface area contributed by atoms with Gasteiger partial charge in [-0.1, -0.05) is 0 Å². The molecule has 27 heavy (non-hydrogen) atoms. The fourth-order valence-corrected chi connectivity index (χ4v) is 3.00. The van der Waals surface area contributed by atoms with E-state index in [2.05, 4.69) is 14.5 Å². The molecule has 13 nitrogen and oxygen atoms in total. The smallest absolute Gasteiger partial charge is 0.369 e. The molecule has 0 radical (unpaired) electrons. The van der Waals surface area contributed by atoms with E-state index < -0.39 is 34.4 Å². The first-order chi connectivity index (χ1) is 12.7. The summed E-state index contributed by atoms with van der Waals surface area (Å²) in [5, 5.41) is 34.1. The van der Waals surface area contributed by atoms with Crippen molar-refractivity contribution in [2.45, 2.75) is 12.5 Å². The minimum absolute atomic E-state index is 0.141. The molecule has 4 N–H and O–H groups in total. The number of aromatic nitrogens is 2. The summed E-state index contributed by atoms with van der Waals surface area (Å²) < 4.78 is 35.7. The van der Waals surface area contributed by atoms with Crippen molar-refractivity contribution in [2.24, 2.45) is 0 Å². The molecule has 0 fully saturated rings. The van der Waals surface area contributed by atoms with Crippen LogP contribution in [0, 0.1) is 10.1 Å². The van der Waals surface area contributed by atoms with Crippen LogP contribution in [-0.2, 0) is 14.6 Å². The standard InChI is InChI=1S/C13H15N5O8S/c19-12-13(20)17(3-4-26-27(23,24)25)9-6-10(16-2-1-14-7-16)11(18(21)22)5-8(9)15-12/h1-2,5-7,12-13,15,19-20H,3-4H2,(H,23,24,25). The Labute approximate surface area is 152 Å². The SMILES string of the molecule is O=[N+]([O-])c1cc2c(cc1-n1ccnc1)N(CCOS(=O)(=O)O)C(O)C(O)N2. The Bertz CT molecular complexity index is 948. The minimum atomic E-state index is -4.68. The second kappa shape index (κ2) is 7.09. The number of benzene rings is 1. The van der Waals surface area contributed by atoms with E-state index in [0.29, 0.717) is 0 Å². The maximum atomic E-state index is 11.4. The molecule has 0 bridgehead atoms. The summed E-state index contributed by atoms with van der Waals surface area (Å²) in [5.41, 5.74) is 0.260. The third-order valence-electron chi connectivity index (χ3n) is 3.85. The van der Waals surface area contributed by atoms with Gasteiger partial charge in [0, 0.05) is 25.0 Å². The highest BCUT2D eigenvalue weighted by Gasteiger charge is 2.34. The van der Waals surface area contributed by atoms with E-state index in [-0.39, 0.29) is 29.3 Å². The number of anilines is 2. The van der Waals surface area contributed by atoms with Crippen molar-refractivity contribution < 1.29 is 32.3 Å². The van der Waals surface area contributed by atoms with Crippen molar-refractivity contribution in [3.05, 3.63) is 41.0 Å². The zero-order chi connectivity index (χ0) is 19.8. The number of nitro benzene ring substituents is 1. The Hall–Kier alpha value is -2.78. The molecular formula is C13H15N5O8S. The molecule has 2 unspecified atom stereocenters. The number of rotatable bonds is 6. The summed E-state index contributed by atoms with van der Waals surface area (Å²) in [6, 6.07) is 2.56. The van der Waals surface area contributed by atoms with E-state index in [0.717, 1.165) is 0 Å². The number of fused-ring (bicyclic) bond motifs is 1. The van der Waals surface area contributed by atoms with Gasteiger partial charge in [-0.25, -0.2) is 9.17 Å². The first-order valence-electron chi connectivity index (χ1n) is 7.49. The molecule has 1 aromatic heterocycles. The normalized spacial score (nSPS) is 19.4. The molecule has 2 heterocycles. The van der Waals surface area contributed by atoms with Crippen LogP contribution >= 0.6 is 0 Å². The number of aliphatic hydroxyl groups excluding tert-OH is 2. The van der Waals surface area contributed by atoms with E-state index in [1.165, 1.54) is 40.3 Å². The van der Waals surface area contributed by atoms with Crippen molar-refractivity contribution in [2.75, 3.05) is 23.4 Å². The molecule has 146 valence electrons. The van der Waals surface area contributed by atoms with Crippen LogP contribution in [-0.4, -0.2) is 63.3 Å². The zero-order valence-electron chi connectivity index (χ0n) is 13.5. The third-order valence-corrected chi connectivity index (χ3v) is 4.32. The highest BCUT2D eigenvalue weighted by Crippen LogP contribution is 2.39. The highest BCUT2D eigenvalue weighted by molar-refractivity contribution is 7.80. The monoisotopic (exact) mass is 401 g/mol. The third kappa shape index (κ3) is 3.99. The van der Waals surface area contributed by atoms with Gasteiger partial charge in [0.15, 0.2) is 12.5 Å². The molecule has 1 aromatic carbocycles. The zero-order valence-corrected chi connectivity index (χ0v) is 14.4. The number of hydrogen-bond acceptors (Lipinski definition) is 10. The second-order valence-corrected chi connectivity index (χ2v) is 6.62. The predicted molar refractivity (Wildman–Crippen MR) is 90.7 cm³/mol. The number of nitrogens with one attached hydrogen (secondary N) is 1. The number of aliphatic hydroxyl groups is 2. The van der Waals surface area contributed by atoms with Crippen LogP contribution in [0.2, 0.25) is 0 Å². The van der Waals surface area contributed by atoms with Crippen LogP contribution in [0.3, 0.4) is 0 Å². The van der Waals surface area contributed by atoms with E-state index in [9.17, 15) is 28.7 Å². The average Bonchev–Trinajstić information content (AvgIpc) is 3.10. The molecule has 0 saturated carbocycles. The maximum Gasteiger partial charge on any atom is 0.397 e. The predicted octanol–water partition coefficient (Wildman–Crippen LogP) is -0.531. The molecule has 14 heteroatoms. The molecule has 0 spiro atoms. The Morgan fingerprint density at radius 3 is 2.67 bits per heavy atom.